The summed E-state index contributed by atoms with van der Waals surface area (Å²) in [6, 6.07) is 16.2. The second-order valence-electron chi connectivity index (χ2n) is 6.51. The van der Waals surface area contributed by atoms with E-state index in [2.05, 4.69) is 41.6 Å². The quantitative estimate of drug-likeness (QED) is 0.629. The number of aromatic nitrogens is 2. The first-order valence-electron chi connectivity index (χ1n) is 8.51. The Bertz CT molecular complexity index is 903. The van der Waals surface area contributed by atoms with Gasteiger partial charge in [-0.15, -0.1) is 0 Å². The summed E-state index contributed by atoms with van der Waals surface area (Å²) in [5.74, 6) is 0.0522. The summed E-state index contributed by atoms with van der Waals surface area (Å²) in [5, 5.41) is 0.471. The fraction of sp³-hybridized carbons (Fsp3) is 0.238. The largest absolute Gasteiger partial charge is 0.348 e. The zero-order valence-electron chi connectivity index (χ0n) is 15.5. The van der Waals surface area contributed by atoms with Gasteiger partial charge in [-0.05, 0) is 31.0 Å². The minimum Gasteiger partial charge on any atom is -0.348 e. The molecule has 26 heavy (non-hydrogen) atoms. The molecule has 0 spiro atoms. The molecule has 3 rings (SSSR count). The van der Waals surface area contributed by atoms with Crippen LogP contribution in [0.25, 0.3) is 5.69 Å². The third kappa shape index (κ3) is 3.83. The number of hydrogen-bond donors (Lipinski definition) is 0. The van der Waals surface area contributed by atoms with Gasteiger partial charge >= 0.3 is 0 Å². The molecule has 0 unspecified atom stereocenters. The molecule has 2 aromatic carbocycles. The van der Waals surface area contributed by atoms with E-state index in [0.29, 0.717) is 0 Å². The molecule has 0 saturated heterocycles. The molecule has 0 aliphatic carbocycles. The molecule has 0 aliphatic heterocycles. The Morgan fingerprint density at radius 3 is 2.50 bits per heavy atom. The lowest BCUT2D eigenvalue weighted by Crippen LogP contribution is -2.27. The van der Waals surface area contributed by atoms with Gasteiger partial charge in [-0.1, -0.05) is 59.8 Å². The number of carbonyl (C=O) groups excluding carboxylic acids is 1. The number of amides is 1. The van der Waals surface area contributed by atoms with Crippen LogP contribution < -0.4 is 0 Å². The van der Waals surface area contributed by atoms with Gasteiger partial charge in [0.2, 0.25) is 5.91 Å². The fourth-order valence-corrected chi connectivity index (χ4v) is 4.07. The van der Waals surface area contributed by atoms with E-state index in [1.54, 1.807) is 25.2 Å². The van der Waals surface area contributed by atoms with E-state index in [4.69, 9.17) is 0 Å². The van der Waals surface area contributed by atoms with Crippen LogP contribution in [0.15, 0.2) is 66.1 Å². The average molecular weight is 366 g/mol. The summed E-state index contributed by atoms with van der Waals surface area (Å²) in [4.78, 5) is 18.9. The number of imidazole rings is 1. The second kappa shape index (κ2) is 7.79. The molecule has 0 aliphatic rings. The molecule has 0 fully saturated rings. The van der Waals surface area contributed by atoms with Gasteiger partial charge < -0.3 is 4.90 Å². The summed E-state index contributed by atoms with van der Waals surface area (Å²) in [6.07, 6.45) is 3.73. The number of thioether (sulfide) groups is 1. The smallest absolute Gasteiger partial charge is 0.240 e. The first-order valence-corrected chi connectivity index (χ1v) is 9.39. The molecule has 0 radical (unpaired) electrons. The van der Waals surface area contributed by atoms with Crippen molar-refractivity contribution >= 4 is 17.7 Å². The number of nitrogens with zero attached hydrogens (tertiary/aromatic N) is 3. The van der Waals surface area contributed by atoms with Crippen molar-refractivity contribution in [3.8, 4) is 5.69 Å². The van der Waals surface area contributed by atoms with Crippen LogP contribution >= 0.6 is 11.8 Å². The van der Waals surface area contributed by atoms with Crippen molar-refractivity contribution in [1.82, 2.24) is 14.5 Å². The third-order valence-electron chi connectivity index (χ3n) is 4.21. The minimum absolute atomic E-state index is 0.0522. The van der Waals surface area contributed by atoms with Crippen molar-refractivity contribution < 1.29 is 4.79 Å². The highest BCUT2D eigenvalue weighted by Gasteiger charge is 2.25. The SMILES string of the molecule is Cc1ccc(-n2ccnc2S[C@H](C(=O)N(C)C)c2ccccc2)c(C)c1. The van der Waals surface area contributed by atoms with Crippen LogP contribution in [0.5, 0.6) is 0 Å². The number of likely N-dealkylation sites (N-methyl/N-ethyl adjacent to an activating group) is 1. The van der Waals surface area contributed by atoms with Crippen molar-refractivity contribution in [2.45, 2.75) is 24.3 Å². The molecule has 1 heterocycles. The first-order chi connectivity index (χ1) is 12.5. The van der Waals surface area contributed by atoms with Gasteiger partial charge in [0.1, 0.15) is 5.25 Å². The zero-order valence-corrected chi connectivity index (χ0v) is 16.3. The Balaban J connectivity index is 1.98. The van der Waals surface area contributed by atoms with Crippen LogP contribution in [0.1, 0.15) is 21.9 Å². The molecule has 1 atom stereocenters. The molecule has 134 valence electrons. The summed E-state index contributed by atoms with van der Waals surface area (Å²) in [6.45, 7) is 4.18. The molecule has 1 aromatic heterocycles. The maximum Gasteiger partial charge on any atom is 0.240 e. The van der Waals surface area contributed by atoms with Crippen molar-refractivity contribution in [1.29, 1.82) is 0 Å². The number of aryl methyl sites for hydroxylation is 2. The highest BCUT2D eigenvalue weighted by atomic mass is 32.2. The number of carbonyl (C=O) groups is 1. The van der Waals surface area contributed by atoms with E-state index < -0.39 is 0 Å². The van der Waals surface area contributed by atoms with Gasteiger partial charge in [0.05, 0.1) is 5.69 Å². The van der Waals surface area contributed by atoms with Crippen molar-refractivity contribution in [2.24, 2.45) is 0 Å². The van der Waals surface area contributed by atoms with E-state index in [9.17, 15) is 4.79 Å². The maximum atomic E-state index is 12.8. The van der Waals surface area contributed by atoms with Gasteiger partial charge in [0, 0.05) is 26.5 Å². The molecule has 4 nitrogen and oxygen atoms in total. The number of rotatable bonds is 5. The van der Waals surface area contributed by atoms with E-state index in [0.717, 1.165) is 16.4 Å². The van der Waals surface area contributed by atoms with Crippen LogP contribution in [0.3, 0.4) is 0 Å². The first kappa shape index (κ1) is 18.3. The Morgan fingerprint density at radius 2 is 1.85 bits per heavy atom. The van der Waals surface area contributed by atoms with E-state index >= 15 is 0 Å². The molecular formula is C21H23N3OS. The van der Waals surface area contributed by atoms with Crippen LogP contribution in [-0.4, -0.2) is 34.5 Å². The summed E-state index contributed by atoms with van der Waals surface area (Å²) < 4.78 is 2.05. The Labute approximate surface area is 158 Å². The van der Waals surface area contributed by atoms with Crippen LogP contribution in [0.2, 0.25) is 0 Å². The average Bonchev–Trinajstić information content (AvgIpc) is 3.07. The van der Waals surface area contributed by atoms with E-state index in [1.807, 2.05) is 36.5 Å². The minimum atomic E-state index is -0.335. The van der Waals surface area contributed by atoms with Crippen LogP contribution in [-0.2, 0) is 4.79 Å². The van der Waals surface area contributed by atoms with E-state index in [-0.39, 0.29) is 11.2 Å². The van der Waals surface area contributed by atoms with Gasteiger partial charge in [-0.3, -0.25) is 9.36 Å². The standard InChI is InChI=1S/C21H23N3OS/c1-15-10-11-18(16(2)14-15)24-13-12-22-21(24)26-19(20(25)23(3)4)17-8-6-5-7-9-17/h5-14,19H,1-4H3/t19-/m0/s1. The topological polar surface area (TPSA) is 38.1 Å². The van der Waals surface area contributed by atoms with Gasteiger partial charge in [-0.2, -0.15) is 0 Å². The van der Waals surface area contributed by atoms with Gasteiger partial charge in [0.25, 0.3) is 0 Å². The fourth-order valence-electron chi connectivity index (χ4n) is 2.86. The lowest BCUT2D eigenvalue weighted by Gasteiger charge is -2.21. The Kier molecular flexibility index (Phi) is 5.47. The molecule has 0 bridgehead atoms. The highest BCUT2D eigenvalue weighted by molar-refractivity contribution is 8.00. The predicted molar refractivity (Wildman–Crippen MR) is 107 cm³/mol. The van der Waals surface area contributed by atoms with Crippen LogP contribution in [0.4, 0.5) is 0 Å². The third-order valence-corrected chi connectivity index (χ3v) is 5.43. The van der Waals surface area contributed by atoms with Gasteiger partial charge in [-0.25, -0.2) is 4.98 Å². The highest BCUT2D eigenvalue weighted by Crippen LogP contribution is 2.36. The molecule has 0 N–H and O–H groups in total. The maximum absolute atomic E-state index is 12.8. The molecular weight excluding hydrogens is 342 g/mol. The van der Waals surface area contributed by atoms with Crippen molar-refractivity contribution in [2.75, 3.05) is 14.1 Å². The number of hydrogen-bond acceptors (Lipinski definition) is 3. The van der Waals surface area contributed by atoms with Crippen molar-refractivity contribution in [3.63, 3.8) is 0 Å². The second-order valence-corrected chi connectivity index (χ2v) is 7.58. The van der Waals surface area contributed by atoms with Gasteiger partial charge in [0.15, 0.2) is 5.16 Å². The van der Waals surface area contributed by atoms with Crippen LogP contribution in [0, 0.1) is 13.8 Å². The molecule has 3 aromatic rings. The zero-order chi connectivity index (χ0) is 18.7. The Morgan fingerprint density at radius 1 is 1.12 bits per heavy atom. The summed E-state index contributed by atoms with van der Waals surface area (Å²) in [7, 11) is 3.57. The number of benzene rings is 2. The Hall–Kier alpha value is -2.53. The molecule has 5 heteroatoms. The monoisotopic (exact) mass is 365 g/mol. The molecule has 0 saturated carbocycles. The normalized spacial score (nSPS) is 12.0. The summed E-state index contributed by atoms with van der Waals surface area (Å²) >= 11 is 1.48. The lowest BCUT2D eigenvalue weighted by molar-refractivity contribution is -0.128. The summed E-state index contributed by atoms with van der Waals surface area (Å²) in [5.41, 5.74) is 4.47. The van der Waals surface area contributed by atoms with E-state index in [1.165, 1.54) is 22.9 Å². The lowest BCUT2D eigenvalue weighted by atomic mass is 10.1. The predicted octanol–water partition coefficient (Wildman–Crippen LogP) is 4.41. The molecule has 1 amide bonds. The van der Waals surface area contributed by atoms with Crippen molar-refractivity contribution in [3.05, 3.63) is 77.6 Å².